The van der Waals surface area contributed by atoms with Crippen LogP contribution in [0.3, 0.4) is 0 Å². The first-order valence-electron chi connectivity index (χ1n) is 20.5. The van der Waals surface area contributed by atoms with Crippen molar-refractivity contribution < 1.29 is 67.3 Å². The highest BCUT2D eigenvalue weighted by atomic mass is 33.2. The van der Waals surface area contributed by atoms with E-state index in [1.54, 1.807) is 31.3 Å². The minimum absolute atomic E-state index is 0.00827. The number of imide groups is 1. The number of thioether (sulfide) groups is 1. The summed E-state index contributed by atoms with van der Waals surface area (Å²) in [4.78, 5) is 124. The number of benzene rings is 1. The third-order valence-corrected chi connectivity index (χ3v) is 12.6. The van der Waals surface area contributed by atoms with Crippen molar-refractivity contribution >= 4 is 97.9 Å². The number of hydrogen-bond donors (Lipinski definition) is 7. The third kappa shape index (κ3) is 20.9. The molecular formula is C40H57N7O14S3. The van der Waals surface area contributed by atoms with Crippen LogP contribution in [0, 0.1) is 0 Å². The second-order valence-corrected chi connectivity index (χ2v) is 18.5. The third-order valence-electron chi connectivity index (χ3n) is 9.30. The first-order chi connectivity index (χ1) is 30.6. The first kappa shape index (κ1) is 53.7. The van der Waals surface area contributed by atoms with E-state index in [9.17, 15) is 53.1 Å². The number of Topliss-reactive ketones (excluding diaryl/α,β-unsaturated/α-hetero) is 2. The second kappa shape index (κ2) is 29.0. The predicted octanol–water partition coefficient (Wildman–Crippen LogP) is -1.15. The molecule has 7 N–H and O–H groups in total. The predicted molar refractivity (Wildman–Crippen MR) is 238 cm³/mol. The SMILES string of the molecule is CNC(=O)CCc1ccc(NC(=O)COCC(=O)NCC(NC(=O)CCOCCOCCNC(=O)CCN2C(=O)CC(SCCC(=O)C3SS3)C2=O)C(=O)N[C@H](C(C)=O)[C@@H](C)O)cc1. The molecule has 2 fully saturated rings. The number of nitrogens with one attached hydrogen (secondary N) is 6. The molecule has 64 heavy (non-hydrogen) atoms. The van der Waals surface area contributed by atoms with Crippen molar-refractivity contribution in [1.82, 2.24) is 31.5 Å². The van der Waals surface area contributed by atoms with E-state index in [4.69, 9.17) is 14.2 Å². The number of carbonyl (C=O) groups is 10. The average Bonchev–Trinajstić information content (AvgIpc) is 4.07. The van der Waals surface area contributed by atoms with Crippen LogP contribution in [0.25, 0.3) is 0 Å². The van der Waals surface area contributed by atoms with Gasteiger partial charge in [-0.2, -0.15) is 0 Å². The molecule has 0 saturated carbocycles. The van der Waals surface area contributed by atoms with Crippen LogP contribution in [-0.2, 0) is 68.6 Å². The monoisotopic (exact) mass is 955 g/mol. The van der Waals surface area contributed by atoms with E-state index in [1.165, 1.54) is 47.2 Å². The van der Waals surface area contributed by atoms with Gasteiger partial charge in [-0.25, -0.2) is 0 Å². The number of carbonyl (C=O) groups excluding carboxylic acids is 10. The second-order valence-electron chi connectivity index (χ2n) is 14.4. The summed E-state index contributed by atoms with van der Waals surface area (Å²) in [7, 11) is 4.59. The Labute approximate surface area is 382 Å². The lowest BCUT2D eigenvalue weighted by atomic mass is 10.1. The van der Waals surface area contributed by atoms with Crippen LogP contribution in [0.2, 0.25) is 0 Å². The summed E-state index contributed by atoms with van der Waals surface area (Å²) in [6.45, 7) is 1.41. The number of aliphatic hydroxyl groups is 1. The van der Waals surface area contributed by atoms with Gasteiger partial charge in [0.15, 0.2) is 11.6 Å². The zero-order valence-corrected chi connectivity index (χ0v) is 38.4. The van der Waals surface area contributed by atoms with Gasteiger partial charge in [-0.1, -0.05) is 33.7 Å². The number of aliphatic hydroxyl groups excluding tert-OH is 1. The number of ketones is 2. The van der Waals surface area contributed by atoms with Gasteiger partial charge in [0.2, 0.25) is 47.3 Å². The van der Waals surface area contributed by atoms with E-state index in [1.807, 2.05) is 0 Å². The van der Waals surface area contributed by atoms with Crippen molar-refractivity contribution in [1.29, 1.82) is 0 Å². The fourth-order valence-corrected chi connectivity index (χ4v) is 8.20. The minimum atomic E-state index is -1.37. The molecule has 24 heteroatoms. The van der Waals surface area contributed by atoms with Gasteiger partial charge in [0.25, 0.3) is 0 Å². The molecule has 2 aliphatic heterocycles. The number of hydrogen-bond acceptors (Lipinski definition) is 17. The van der Waals surface area contributed by atoms with Gasteiger partial charge in [-0.15, -0.1) is 11.8 Å². The lowest BCUT2D eigenvalue weighted by Crippen LogP contribution is -2.57. The summed E-state index contributed by atoms with van der Waals surface area (Å²) in [6.07, 6.45) is -0.272. The van der Waals surface area contributed by atoms with E-state index in [0.717, 1.165) is 10.5 Å². The summed E-state index contributed by atoms with van der Waals surface area (Å²) in [5, 5.41) is 24.5. The van der Waals surface area contributed by atoms with Crippen molar-refractivity contribution in [3.63, 3.8) is 0 Å². The molecule has 0 spiro atoms. The fourth-order valence-electron chi connectivity index (χ4n) is 5.75. The van der Waals surface area contributed by atoms with Crippen molar-refractivity contribution in [2.24, 2.45) is 0 Å². The Balaban J connectivity index is 1.29. The Bertz CT molecular complexity index is 1800. The van der Waals surface area contributed by atoms with Gasteiger partial charge in [-0.3, -0.25) is 52.8 Å². The van der Waals surface area contributed by atoms with Crippen molar-refractivity contribution in [3.05, 3.63) is 29.8 Å². The largest absolute Gasteiger partial charge is 0.391 e. The van der Waals surface area contributed by atoms with Crippen LogP contribution in [0.4, 0.5) is 5.69 Å². The van der Waals surface area contributed by atoms with Crippen LogP contribution in [-0.4, -0.2) is 169 Å². The highest BCUT2D eigenvalue weighted by Crippen LogP contribution is 2.54. The molecule has 0 aliphatic carbocycles. The van der Waals surface area contributed by atoms with Crippen LogP contribution in [0.5, 0.6) is 0 Å². The molecule has 354 valence electrons. The van der Waals surface area contributed by atoms with Crippen molar-refractivity contribution in [3.8, 4) is 0 Å². The topological polar surface area (TPSA) is 294 Å². The maximum absolute atomic E-state index is 13.1. The first-order valence-corrected chi connectivity index (χ1v) is 23.8. The summed E-state index contributed by atoms with van der Waals surface area (Å²) < 4.78 is 16.0. The summed E-state index contributed by atoms with van der Waals surface area (Å²) >= 11 is 1.29. The zero-order chi connectivity index (χ0) is 47.0. The quantitative estimate of drug-likeness (QED) is 0.0194. The minimum Gasteiger partial charge on any atom is -0.391 e. The van der Waals surface area contributed by atoms with Crippen molar-refractivity contribution in [2.45, 2.75) is 80.4 Å². The average molecular weight is 956 g/mol. The maximum atomic E-state index is 13.1. The molecule has 0 radical (unpaired) electrons. The van der Waals surface area contributed by atoms with Crippen molar-refractivity contribution in [2.75, 3.05) is 77.4 Å². The smallest absolute Gasteiger partial charge is 0.250 e. The number of amides is 8. The molecule has 8 amide bonds. The number of nitrogens with zero attached hydrogens (tertiary/aromatic N) is 1. The standard InChI is InChI=1S/C40H57N7O14S3/c1-24(48)37(25(2)49)46-38(57)28(21-43-34(54)22-61-23-35(55)44-27-7-4-26(5-8-27)6-9-31(51)41-3)45-33(53)11-15-59-17-18-60-16-13-42-32(52)10-14-47-36(56)20-30(39(47)58)62-19-12-29(50)40-63-64-40/h4-5,7-8,24,28,30,37,40,48H,6,9-23H2,1-3H3,(H,41,51)(H,42,52)(H,43,54)(H,44,55)(H,45,53)(H,46,57)/t24-,28?,30?,37+/m1/s1. The van der Waals surface area contributed by atoms with Crippen LogP contribution in [0.15, 0.2) is 24.3 Å². The van der Waals surface area contributed by atoms with Gasteiger partial charge in [-0.05, 0) is 38.0 Å². The molecule has 0 bridgehead atoms. The van der Waals surface area contributed by atoms with E-state index in [-0.39, 0.29) is 92.8 Å². The lowest BCUT2D eigenvalue weighted by molar-refractivity contribution is -0.139. The molecule has 1 aromatic carbocycles. The van der Waals surface area contributed by atoms with Gasteiger partial charge in [0, 0.05) is 70.2 Å². The molecule has 21 nitrogen and oxygen atoms in total. The highest BCUT2D eigenvalue weighted by molar-refractivity contribution is 8.93. The summed E-state index contributed by atoms with van der Waals surface area (Å²) in [6, 6.07) is 4.22. The number of rotatable bonds is 32. The molecule has 2 heterocycles. The van der Waals surface area contributed by atoms with E-state index in [2.05, 4.69) is 31.9 Å². The van der Waals surface area contributed by atoms with Crippen LogP contribution in [0.1, 0.15) is 51.5 Å². The fraction of sp³-hybridized carbons (Fsp3) is 0.600. The Morgan fingerprint density at radius 1 is 0.812 bits per heavy atom. The molecule has 0 aromatic heterocycles. The van der Waals surface area contributed by atoms with Gasteiger partial charge in [0.1, 0.15) is 29.9 Å². The number of likely N-dealkylation sites (tertiary alicyclic amines) is 1. The molecule has 2 aliphatic rings. The molecule has 1 aromatic rings. The Hall–Kier alpha value is -4.59. The van der Waals surface area contributed by atoms with E-state index < -0.39 is 72.6 Å². The number of ether oxygens (including phenoxy) is 3. The Kier molecular flexibility index (Phi) is 24.4. The maximum Gasteiger partial charge on any atom is 0.250 e. The highest BCUT2D eigenvalue weighted by Gasteiger charge is 2.39. The molecule has 3 rings (SSSR count). The summed E-state index contributed by atoms with van der Waals surface area (Å²) in [5.41, 5.74) is 1.38. The molecule has 2 saturated heterocycles. The molecular weight excluding hydrogens is 899 g/mol. The number of anilines is 1. The molecule has 4 atom stereocenters. The van der Waals surface area contributed by atoms with Crippen LogP contribution < -0.4 is 31.9 Å². The molecule has 2 unspecified atom stereocenters. The van der Waals surface area contributed by atoms with Gasteiger partial charge >= 0.3 is 0 Å². The van der Waals surface area contributed by atoms with E-state index >= 15 is 0 Å². The zero-order valence-electron chi connectivity index (χ0n) is 35.9. The lowest BCUT2D eigenvalue weighted by Gasteiger charge is -2.24. The van der Waals surface area contributed by atoms with Crippen LogP contribution >= 0.6 is 33.3 Å². The van der Waals surface area contributed by atoms with Gasteiger partial charge in [0.05, 0.1) is 37.8 Å². The van der Waals surface area contributed by atoms with Gasteiger partial charge < -0.3 is 51.2 Å². The van der Waals surface area contributed by atoms with E-state index in [0.29, 0.717) is 30.7 Å². The normalized spacial score (nSPS) is 16.0. The number of aryl methyl sites for hydroxylation is 1. The Morgan fingerprint density at radius 3 is 2.16 bits per heavy atom. The summed E-state index contributed by atoms with van der Waals surface area (Å²) in [5.74, 6) is -3.84. The Morgan fingerprint density at radius 2 is 1.50 bits per heavy atom.